The van der Waals surface area contributed by atoms with Gasteiger partial charge in [0.25, 0.3) is 0 Å². The number of halogens is 6. The third-order valence-corrected chi connectivity index (χ3v) is 5.13. The number of hydrogen-bond acceptors (Lipinski definition) is 2. The number of carbonyl (C=O) groups is 1. The Kier molecular flexibility index (Phi) is 8.83. The van der Waals surface area contributed by atoms with E-state index in [4.69, 9.17) is 4.74 Å². The zero-order valence-corrected chi connectivity index (χ0v) is 17.0. The van der Waals surface area contributed by atoms with Gasteiger partial charge in [0, 0.05) is 5.56 Å². The van der Waals surface area contributed by atoms with Crippen molar-refractivity contribution in [2.45, 2.75) is 32.6 Å². The largest absolute Gasteiger partial charge is 1.00 e. The number of rotatable bonds is 6. The number of aryl methyl sites for hydroxylation is 1. The summed E-state index contributed by atoms with van der Waals surface area (Å²) >= 11 is 0. The molecule has 0 aromatic heterocycles. The Morgan fingerprint density at radius 3 is 2.03 bits per heavy atom. The first-order valence-electron chi connectivity index (χ1n) is 8.27. The van der Waals surface area contributed by atoms with Crippen molar-refractivity contribution in [1.82, 2.24) is 0 Å². The van der Waals surface area contributed by atoms with Gasteiger partial charge in [-0.2, -0.15) is 26.3 Å². The number of benzene rings is 2. The van der Waals surface area contributed by atoms with Crippen LogP contribution >= 0.6 is 8.58 Å². The van der Waals surface area contributed by atoms with Gasteiger partial charge in [-0.05, 0) is 57.1 Å². The van der Waals surface area contributed by atoms with Crippen LogP contribution in [0.4, 0.5) is 26.3 Å². The molecular weight excluding hydrogens is 412 g/mol. The van der Waals surface area contributed by atoms with Gasteiger partial charge in [0.1, 0.15) is 5.75 Å². The van der Waals surface area contributed by atoms with Gasteiger partial charge < -0.3 is 6.16 Å². The average Bonchev–Trinajstić information content (AvgIpc) is 2.59. The van der Waals surface area contributed by atoms with E-state index in [1.165, 1.54) is 6.07 Å². The van der Waals surface area contributed by atoms with Crippen molar-refractivity contribution >= 4 is 19.4 Å². The molecule has 0 saturated carbocycles. The van der Waals surface area contributed by atoms with E-state index in [-0.39, 0.29) is 20.3 Å². The number of ether oxygens (including phenoxy) is 1. The second-order valence-electron chi connectivity index (χ2n) is 6.00. The van der Waals surface area contributed by atoms with E-state index >= 15 is 0 Å². The minimum absolute atomic E-state index is 0. The fourth-order valence-corrected chi connectivity index (χ4v) is 3.62. The van der Waals surface area contributed by atoms with Crippen molar-refractivity contribution in [3.05, 3.63) is 58.7 Å². The van der Waals surface area contributed by atoms with Crippen molar-refractivity contribution in [2.75, 3.05) is 6.61 Å². The molecule has 0 aliphatic carbocycles. The zero-order valence-electron chi connectivity index (χ0n) is 17.0. The zero-order chi connectivity index (χ0) is 21.1. The molecule has 154 valence electrons. The Labute approximate surface area is 179 Å². The number of alkyl halides is 6. The van der Waals surface area contributed by atoms with Crippen LogP contribution in [0.15, 0.2) is 36.4 Å². The first-order valence-corrected chi connectivity index (χ1v) is 9.27. The topological polar surface area (TPSA) is 26.3 Å². The second-order valence-corrected chi connectivity index (χ2v) is 7.25. The normalized spacial score (nSPS) is 12.1. The maximum Gasteiger partial charge on any atom is 1.00 e. The molecule has 0 radical (unpaired) electrons. The van der Waals surface area contributed by atoms with Crippen molar-refractivity contribution in [1.29, 1.82) is 0 Å². The molecule has 1 unspecified atom stereocenters. The molecule has 10 heteroatoms. The summed E-state index contributed by atoms with van der Waals surface area (Å²) in [6, 6.07) is 6.25. The number of hydrogen-bond donors (Lipinski definition) is 0. The standard InChI is InChI=1S/C19H17F6O2P.Li.H/c1-3-9-27-12-7-8-15(11(2)10-12)28-17(26)16-13(18(20,21)22)5-4-6-14(16)19(23,24)25;;/h4-8,10,28H,3,9H2,1-2H3;;/q;+1;-1. The van der Waals surface area contributed by atoms with Gasteiger partial charge in [0.05, 0.1) is 17.7 Å². The third kappa shape index (κ3) is 6.50. The molecule has 2 aromatic carbocycles. The number of carbonyl (C=O) groups excluding carboxylic acids is 1. The molecule has 0 spiro atoms. The summed E-state index contributed by atoms with van der Waals surface area (Å²) in [4.78, 5) is 12.5. The van der Waals surface area contributed by atoms with Crippen LogP contribution in [0.1, 0.15) is 41.8 Å². The summed E-state index contributed by atoms with van der Waals surface area (Å²) in [5, 5.41) is 0.360. The Bertz CT molecular complexity index is 839. The molecule has 0 aliphatic rings. The van der Waals surface area contributed by atoms with Crippen LogP contribution in [-0.2, 0) is 12.4 Å². The predicted molar refractivity (Wildman–Crippen MR) is 96.8 cm³/mol. The Balaban J connectivity index is 0.00000420. The van der Waals surface area contributed by atoms with E-state index in [9.17, 15) is 31.1 Å². The molecule has 1 atom stereocenters. The van der Waals surface area contributed by atoms with Crippen molar-refractivity contribution < 1.29 is 56.2 Å². The van der Waals surface area contributed by atoms with E-state index in [2.05, 4.69) is 0 Å². The molecule has 0 saturated heterocycles. The van der Waals surface area contributed by atoms with Gasteiger partial charge in [-0.15, -0.1) is 0 Å². The van der Waals surface area contributed by atoms with Gasteiger partial charge in [0.2, 0.25) is 0 Å². The molecule has 0 bridgehead atoms. The quantitative estimate of drug-likeness (QED) is 0.400. The molecular formula is C19H18F6LiO2P. The van der Waals surface area contributed by atoms with E-state index in [0.29, 0.717) is 41.4 Å². The smallest absolute Gasteiger partial charge is 1.00 e. The third-order valence-electron chi connectivity index (χ3n) is 3.82. The molecule has 29 heavy (non-hydrogen) atoms. The first kappa shape index (κ1) is 25.6. The van der Waals surface area contributed by atoms with Crippen molar-refractivity contribution in [3.8, 4) is 5.75 Å². The van der Waals surface area contributed by atoms with Crippen LogP contribution in [0.5, 0.6) is 5.75 Å². The average molecular weight is 430 g/mol. The summed E-state index contributed by atoms with van der Waals surface area (Å²) in [7, 11) is -0.890. The van der Waals surface area contributed by atoms with Crippen LogP contribution in [0.2, 0.25) is 0 Å². The second kappa shape index (κ2) is 10.0. The monoisotopic (exact) mass is 430 g/mol. The predicted octanol–water partition coefficient (Wildman–Crippen LogP) is 3.08. The molecule has 0 N–H and O–H groups in total. The molecule has 0 fully saturated rings. The fourth-order valence-electron chi connectivity index (χ4n) is 2.54. The molecule has 0 amide bonds. The van der Waals surface area contributed by atoms with Crippen LogP contribution in [-0.4, -0.2) is 12.1 Å². The molecule has 2 nitrogen and oxygen atoms in total. The van der Waals surface area contributed by atoms with Crippen LogP contribution < -0.4 is 28.9 Å². The Morgan fingerprint density at radius 1 is 1.03 bits per heavy atom. The van der Waals surface area contributed by atoms with E-state index in [1.807, 2.05) is 6.92 Å². The van der Waals surface area contributed by atoms with Crippen LogP contribution in [0.25, 0.3) is 0 Å². The molecule has 2 aromatic rings. The summed E-state index contributed by atoms with van der Waals surface area (Å²) < 4.78 is 84.8. The van der Waals surface area contributed by atoms with Crippen LogP contribution in [0.3, 0.4) is 0 Å². The maximum atomic E-state index is 13.2. The molecule has 0 aliphatic heterocycles. The van der Waals surface area contributed by atoms with Gasteiger partial charge in [-0.25, -0.2) is 0 Å². The summed E-state index contributed by atoms with van der Waals surface area (Å²) in [6.45, 7) is 4.00. The van der Waals surface area contributed by atoms with E-state index in [1.54, 1.807) is 19.1 Å². The Morgan fingerprint density at radius 2 is 1.59 bits per heavy atom. The fraction of sp³-hybridized carbons (Fsp3) is 0.316. The Hall–Kier alpha value is -1.48. The first-order chi connectivity index (χ1) is 12.9. The molecule has 2 rings (SSSR count). The van der Waals surface area contributed by atoms with Crippen molar-refractivity contribution in [2.24, 2.45) is 0 Å². The van der Waals surface area contributed by atoms with Crippen LogP contribution in [0, 0.1) is 6.92 Å². The summed E-state index contributed by atoms with van der Waals surface area (Å²) in [5.74, 6) is 0.520. The van der Waals surface area contributed by atoms with Crippen molar-refractivity contribution in [3.63, 3.8) is 0 Å². The minimum Gasteiger partial charge on any atom is -1.00 e. The van der Waals surface area contributed by atoms with Gasteiger partial charge in [-0.1, -0.05) is 19.1 Å². The minimum atomic E-state index is -5.08. The summed E-state index contributed by atoms with van der Waals surface area (Å²) in [5.41, 5.74) is -5.17. The van der Waals surface area contributed by atoms with Gasteiger partial charge in [0.15, 0.2) is 5.52 Å². The van der Waals surface area contributed by atoms with Gasteiger partial charge in [-0.3, -0.25) is 4.79 Å². The summed E-state index contributed by atoms with van der Waals surface area (Å²) in [6.07, 6.45) is -9.39. The SMILES string of the molecule is CCCOc1ccc(PC(=O)c2c(C(F)(F)F)cccc2C(F)(F)F)c(C)c1.[H-].[Li+]. The molecule has 0 heterocycles. The van der Waals surface area contributed by atoms with E-state index in [0.717, 1.165) is 6.42 Å². The van der Waals surface area contributed by atoms with Gasteiger partial charge >= 0.3 is 31.2 Å². The van der Waals surface area contributed by atoms with E-state index < -0.39 is 43.1 Å². The maximum absolute atomic E-state index is 13.2.